The molecule has 142 valence electrons. The Bertz CT molecular complexity index is 873. The van der Waals surface area contributed by atoms with Crippen LogP contribution in [0.5, 0.6) is 5.75 Å². The SMILES string of the molecule is COc1ccccc1C(=O)NC(=O)COC(=O)c1cc2c(s1)CC[C@@H](C)C2. The maximum Gasteiger partial charge on any atom is 0.348 e. The first-order valence-electron chi connectivity index (χ1n) is 8.74. The quantitative estimate of drug-likeness (QED) is 0.798. The molecule has 1 atom stereocenters. The number of thiophene rings is 1. The van der Waals surface area contributed by atoms with Gasteiger partial charge in [-0.1, -0.05) is 19.1 Å². The topological polar surface area (TPSA) is 81.7 Å². The summed E-state index contributed by atoms with van der Waals surface area (Å²) in [6.45, 7) is 1.68. The van der Waals surface area contributed by atoms with Crippen LogP contribution in [0.15, 0.2) is 30.3 Å². The van der Waals surface area contributed by atoms with Crippen LogP contribution in [-0.4, -0.2) is 31.5 Å². The molecule has 0 spiro atoms. The second kappa shape index (κ2) is 8.35. The van der Waals surface area contributed by atoms with Gasteiger partial charge >= 0.3 is 5.97 Å². The van der Waals surface area contributed by atoms with E-state index >= 15 is 0 Å². The van der Waals surface area contributed by atoms with Crippen molar-refractivity contribution in [2.24, 2.45) is 5.92 Å². The van der Waals surface area contributed by atoms with Gasteiger partial charge in [0.25, 0.3) is 11.8 Å². The van der Waals surface area contributed by atoms with Crippen LogP contribution >= 0.6 is 11.3 Å². The Hall–Kier alpha value is -2.67. The number of carbonyl (C=O) groups excluding carboxylic acids is 3. The van der Waals surface area contributed by atoms with Crippen LogP contribution in [0, 0.1) is 5.92 Å². The minimum atomic E-state index is -0.686. The molecule has 7 heteroatoms. The van der Waals surface area contributed by atoms with E-state index in [4.69, 9.17) is 9.47 Å². The van der Waals surface area contributed by atoms with Crippen LogP contribution in [0.1, 0.15) is 43.8 Å². The van der Waals surface area contributed by atoms with Gasteiger partial charge in [-0.3, -0.25) is 14.9 Å². The Morgan fingerprint density at radius 1 is 1.26 bits per heavy atom. The summed E-state index contributed by atoms with van der Waals surface area (Å²) < 4.78 is 10.2. The van der Waals surface area contributed by atoms with Crippen molar-refractivity contribution in [1.29, 1.82) is 0 Å². The zero-order valence-electron chi connectivity index (χ0n) is 15.2. The number of aryl methyl sites for hydroxylation is 1. The molecule has 0 unspecified atom stereocenters. The number of carbonyl (C=O) groups is 3. The summed E-state index contributed by atoms with van der Waals surface area (Å²) in [6.07, 6.45) is 3.06. The maximum atomic E-state index is 12.2. The predicted molar refractivity (Wildman–Crippen MR) is 101 cm³/mol. The van der Waals surface area contributed by atoms with Gasteiger partial charge < -0.3 is 9.47 Å². The number of hydrogen-bond donors (Lipinski definition) is 1. The van der Waals surface area contributed by atoms with Crippen LogP contribution in [0.4, 0.5) is 0 Å². The standard InChI is InChI=1S/C20H21NO5S/c1-12-7-8-16-13(9-12)10-17(27-16)20(24)26-11-18(22)21-19(23)14-5-3-4-6-15(14)25-2/h3-6,10,12H,7-9,11H2,1-2H3,(H,21,22,23)/t12-/m1/s1. The number of rotatable bonds is 5. The molecule has 0 saturated heterocycles. The average Bonchev–Trinajstić information content (AvgIpc) is 3.09. The van der Waals surface area contributed by atoms with Crippen LogP contribution in [0.3, 0.4) is 0 Å². The third-order valence-electron chi connectivity index (χ3n) is 4.47. The van der Waals surface area contributed by atoms with E-state index in [0.29, 0.717) is 16.5 Å². The van der Waals surface area contributed by atoms with Gasteiger partial charge in [-0.2, -0.15) is 0 Å². The predicted octanol–water partition coefficient (Wildman–Crippen LogP) is 2.99. The third kappa shape index (κ3) is 4.54. The number of ether oxygens (including phenoxy) is 2. The van der Waals surface area contributed by atoms with E-state index in [-0.39, 0.29) is 5.56 Å². The van der Waals surface area contributed by atoms with Gasteiger partial charge in [-0.05, 0) is 48.9 Å². The van der Waals surface area contributed by atoms with Gasteiger partial charge in [0.15, 0.2) is 6.61 Å². The molecule has 1 aromatic carbocycles. The molecule has 0 fully saturated rings. The van der Waals surface area contributed by atoms with E-state index in [2.05, 4.69) is 12.2 Å². The highest BCUT2D eigenvalue weighted by Gasteiger charge is 2.22. The number of nitrogens with one attached hydrogen (secondary N) is 1. The normalized spacial score (nSPS) is 15.6. The Labute approximate surface area is 161 Å². The van der Waals surface area contributed by atoms with Crippen molar-refractivity contribution < 1.29 is 23.9 Å². The summed E-state index contributed by atoms with van der Waals surface area (Å²) >= 11 is 1.42. The van der Waals surface area contributed by atoms with Crippen LogP contribution < -0.4 is 10.1 Å². The van der Waals surface area contributed by atoms with E-state index in [1.807, 2.05) is 6.07 Å². The first kappa shape index (κ1) is 19.1. The van der Waals surface area contributed by atoms with Gasteiger partial charge in [0.05, 0.1) is 12.7 Å². The second-order valence-electron chi connectivity index (χ2n) is 6.56. The fourth-order valence-corrected chi connectivity index (χ4v) is 4.17. The molecule has 2 aromatic rings. The van der Waals surface area contributed by atoms with Gasteiger partial charge in [-0.25, -0.2) is 4.79 Å². The average molecular weight is 387 g/mol. The molecule has 1 N–H and O–H groups in total. The number of imide groups is 1. The summed E-state index contributed by atoms with van der Waals surface area (Å²) in [7, 11) is 1.44. The zero-order chi connectivity index (χ0) is 19.4. The number of benzene rings is 1. The molecule has 2 amide bonds. The third-order valence-corrected chi connectivity index (χ3v) is 5.69. The second-order valence-corrected chi connectivity index (χ2v) is 7.70. The van der Waals surface area contributed by atoms with Crippen LogP contribution in [0.2, 0.25) is 0 Å². The minimum absolute atomic E-state index is 0.236. The monoisotopic (exact) mass is 387 g/mol. The molecule has 1 aliphatic rings. The van der Waals surface area contributed by atoms with Crippen molar-refractivity contribution in [3.63, 3.8) is 0 Å². The van der Waals surface area contributed by atoms with Crippen molar-refractivity contribution in [3.8, 4) is 5.75 Å². The lowest BCUT2D eigenvalue weighted by Gasteiger charge is -2.16. The molecule has 0 saturated carbocycles. The maximum absolute atomic E-state index is 12.2. The number of amides is 2. The first-order valence-corrected chi connectivity index (χ1v) is 9.55. The van der Waals surface area contributed by atoms with Crippen molar-refractivity contribution >= 4 is 29.1 Å². The first-order chi connectivity index (χ1) is 13.0. The van der Waals surface area contributed by atoms with Crippen LogP contribution in [0.25, 0.3) is 0 Å². The minimum Gasteiger partial charge on any atom is -0.496 e. The molecule has 1 heterocycles. The van der Waals surface area contributed by atoms with Crippen molar-refractivity contribution in [1.82, 2.24) is 5.32 Å². The molecule has 0 radical (unpaired) electrons. The highest BCUT2D eigenvalue weighted by molar-refractivity contribution is 7.14. The Morgan fingerprint density at radius 2 is 2.04 bits per heavy atom. The number of methoxy groups -OCH3 is 1. The molecule has 1 aromatic heterocycles. The molecule has 0 bridgehead atoms. The van der Waals surface area contributed by atoms with E-state index in [9.17, 15) is 14.4 Å². The molecular formula is C20H21NO5S. The zero-order valence-corrected chi connectivity index (χ0v) is 16.1. The molecule has 6 nitrogen and oxygen atoms in total. The Kier molecular flexibility index (Phi) is 5.91. The Balaban J connectivity index is 1.54. The van der Waals surface area contributed by atoms with Gasteiger partial charge in [0, 0.05) is 4.88 Å². The smallest absolute Gasteiger partial charge is 0.348 e. The molecule has 27 heavy (non-hydrogen) atoms. The lowest BCUT2D eigenvalue weighted by Crippen LogP contribution is -2.34. The molecular weight excluding hydrogens is 366 g/mol. The Morgan fingerprint density at radius 3 is 2.81 bits per heavy atom. The summed E-state index contributed by atoms with van der Waals surface area (Å²) in [5.74, 6) is -0.855. The fraction of sp³-hybridized carbons (Fsp3) is 0.350. The van der Waals surface area contributed by atoms with E-state index in [1.165, 1.54) is 28.9 Å². The molecule has 3 rings (SSSR count). The van der Waals surface area contributed by atoms with Crippen molar-refractivity contribution in [2.75, 3.05) is 13.7 Å². The van der Waals surface area contributed by atoms with Gasteiger partial charge in [0.1, 0.15) is 10.6 Å². The van der Waals surface area contributed by atoms with Gasteiger partial charge in [0.2, 0.25) is 0 Å². The molecule has 1 aliphatic carbocycles. The number of esters is 1. The van der Waals surface area contributed by atoms with E-state index in [1.54, 1.807) is 24.3 Å². The number of fused-ring (bicyclic) bond motifs is 1. The summed E-state index contributed by atoms with van der Waals surface area (Å²) in [5, 5.41) is 2.20. The van der Waals surface area contributed by atoms with Gasteiger partial charge in [-0.15, -0.1) is 11.3 Å². The van der Waals surface area contributed by atoms with E-state index < -0.39 is 24.4 Å². The van der Waals surface area contributed by atoms with E-state index in [0.717, 1.165) is 19.3 Å². The molecule has 0 aliphatic heterocycles. The lowest BCUT2D eigenvalue weighted by atomic mass is 9.90. The summed E-state index contributed by atoms with van der Waals surface area (Å²) in [5.41, 5.74) is 1.43. The van der Waals surface area contributed by atoms with Crippen LogP contribution in [-0.2, 0) is 22.4 Å². The van der Waals surface area contributed by atoms with Crippen molar-refractivity contribution in [3.05, 3.63) is 51.2 Å². The largest absolute Gasteiger partial charge is 0.496 e. The highest BCUT2D eigenvalue weighted by Crippen LogP contribution is 2.32. The fourth-order valence-electron chi connectivity index (χ4n) is 3.07. The number of hydrogen-bond acceptors (Lipinski definition) is 6. The lowest BCUT2D eigenvalue weighted by molar-refractivity contribution is -0.123. The highest BCUT2D eigenvalue weighted by atomic mass is 32.1. The summed E-state index contributed by atoms with van der Waals surface area (Å²) in [6, 6.07) is 8.42. The van der Waals surface area contributed by atoms with Crippen molar-refractivity contribution in [2.45, 2.75) is 26.2 Å². The summed E-state index contributed by atoms with van der Waals surface area (Å²) in [4.78, 5) is 38.0. The number of para-hydroxylation sites is 1.